The van der Waals surface area contributed by atoms with Gasteiger partial charge in [-0.15, -0.1) is 11.6 Å². The van der Waals surface area contributed by atoms with Gasteiger partial charge in [-0.1, -0.05) is 0 Å². The van der Waals surface area contributed by atoms with Gasteiger partial charge in [0.05, 0.1) is 11.8 Å². The first-order valence-electron chi connectivity index (χ1n) is 5.43. The Hall–Kier alpha value is -1.03. The molecule has 0 aromatic carbocycles. The first-order chi connectivity index (χ1) is 7.52. The number of nitrogens with zero attached hydrogens (tertiary/aromatic N) is 2. The summed E-state index contributed by atoms with van der Waals surface area (Å²) in [5.74, 6) is -0.0622. The molecule has 5 heteroatoms. The van der Waals surface area contributed by atoms with Crippen LogP contribution in [0.15, 0.2) is 6.20 Å². The Kier molecular flexibility index (Phi) is 4.80. The fourth-order valence-electron chi connectivity index (χ4n) is 1.40. The third kappa shape index (κ3) is 3.52. The minimum atomic E-state index is -0.0622. The third-order valence-electron chi connectivity index (χ3n) is 2.54. The first-order valence-corrected chi connectivity index (χ1v) is 5.87. The lowest BCUT2D eigenvalue weighted by atomic mass is 10.2. The molecule has 0 spiro atoms. The molecule has 1 aromatic rings. The molecule has 0 fully saturated rings. The standard InChI is InChI=1S/C11H18ClN3O/c1-8(12)5-4-6-13-11(16)10-7-14-15(3)9(10)2/h7-8H,4-6H2,1-3H3,(H,13,16). The smallest absolute Gasteiger partial charge is 0.254 e. The van der Waals surface area contributed by atoms with E-state index in [-0.39, 0.29) is 11.3 Å². The van der Waals surface area contributed by atoms with E-state index in [1.807, 2.05) is 20.9 Å². The molecule has 0 aliphatic rings. The third-order valence-corrected chi connectivity index (χ3v) is 2.76. The molecule has 0 aliphatic heterocycles. The number of aryl methyl sites for hydroxylation is 1. The lowest BCUT2D eigenvalue weighted by Gasteiger charge is -2.05. The average molecular weight is 244 g/mol. The summed E-state index contributed by atoms with van der Waals surface area (Å²) in [6.07, 6.45) is 3.40. The topological polar surface area (TPSA) is 46.9 Å². The second-order valence-electron chi connectivity index (χ2n) is 3.95. The quantitative estimate of drug-likeness (QED) is 0.634. The van der Waals surface area contributed by atoms with Gasteiger partial charge in [0.2, 0.25) is 0 Å². The highest BCUT2D eigenvalue weighted by molar-refractivity contribution is 6.20. The van der Waals surface area contributed by atoms with Crippen molar-refractivity contribution in [3.05, 3.63) is 17.5 Å². The van der Waals surface area contributed by atoms with Crippen molar-refractivity contribution in [3.8, 4) is 0 Å². The van der Waals surface area contributed by atoms with E-state index in [1.165, 1.54) is 0 Å². The van der Waals surface area contributed by atoms with Crippen LogP contribution in [-0.4, -0.2) is 27.6 Å². The Morgan fingerprint density at radius 1 is 1.69 bits per heavy atom. The molecule has 1 N–H and O–H groups in total. The van der Waals surface area contributed by atoms with Crippen molar-refractivity contribution in [3.63, 3.8) is 0 Å². The zero-order valence-electron chi connectivity index (χ0n) is 9.96. The Bertz CT molecular complexity index is 360. The fraction of sp³-hybridized carbons (Fsp3) is 0.636. The SMILES string of the molecule is Cc1c(C(=O)NCCCC(C)Cl)cnn1C. The molecular formula is C11H18ClN3O. The highest BCUT2D eigenvalue weighted by atomic mass is 35.5. The predicted octanol–water partition coefficient (Wildman–Crippen LogP) is 1.87. The lowest BCUT2D eigenvalue weighted by Crippen LogP contribution is -2.25. The number of nitrogens with one attached hydrogen (secondary N) is 1. The first kappa shape index (κ1) is 13.0. The number of halogens is 1. The zero-order valence-corrected chi connectivity index (χ0v) is 10.7. The van der Waals surface area contributed by atoms with Gasteiger partial charge in [-0.2, -0.15) is 5.10 Å². The Morgan fingerprint density at radius 3 is 2.88 bits per heavy atom. The molecule has 1 rings (SSSR count). The van der Waals surface area contributed by atoms with Crippen LogP contribution in [0.3, 0.4) is 0 Å². The van der Waals surface area contributed by atoms with E-state index in [1.54, 1.807) is 10.9 Å². The number of carbonyl (C=O) groups excluding carboxylic acids is 1. The van der Waals surface area contributed by atoms with Crippen LogP contribution >= 0.6 is 11.6 Å². The molecule has 1 unspecified atom stereocenters. The predicted molar refractivity (Wildman–Crippen MR) is 64.8 cm³/mol. The van der Waals surface area contributed by atoms with Gasteiger partial charge in [0.25, 0.3) is 5.91 Å². The maximum Gasteiger partial charge on any atom is 0.254 e. The van der Waals surface area contributed by atoms with Gasteiger partial charge in [0.15, 0.2) is 0 Å². The number of amides is 1. The molecule has 0 saturated heterocycles. The van der Waals surface area contributed by atoms with Crippen molar-refractivity contribution >= 4 is 17.5 Å². The summed E-state index contributed by atoms with van der Waals surface area (Å²) in [4.78, 5) is 11.7. The van der Waals surface area contributed by atoms with Gasteiger partial charge in [-0.3, -0.25) is 9.48 Å². The molecule has 16 heavy (non-hydrogen) atoms. The average Bonchev–Trinajstić information content (AvgIpc) is 2.54. The molecule has 90 valence electrons. The Labute approximate surface area is 101 Å². The highest BCUT2D eigenvalue weighted by Gasteiger charge is 2.11. The summed E-state index contributed by atoms with van der Waals surface area (Å²) >= 11 is 5.81. The molecule has 4 nitrogen and oxygen atoms in total. The summed E-state index contributed by atoms with van der Waals surface area (Å²) in [5.41, 5.74) is 1.52. The monoisotopic (exact) mass is 243 g/mol. The number of hydrogen-bond donors (Lipinski definition) is 1. The normalized spacial score (nSPS) is 12.5. The Balaban J connectivity index is 2.39. The van der Waals surface area contributed by atoms with E-state index >= 15 is 0 Å². The summed E-state index contributed by atoms with van der Waals surface area (Å²) in [7, 11) is 1.82. The summed E-state index contributed by atoms with van der Waals surface area (Å²) in [5, 5.41) is 7.05. The van der Waals surface area contributed by atoms with Crippen molar-refractivity contribution in [2.24, 2.45) is 7.05 Å². The highest BCUT2D eigenvalue weighted by Crippen LogP contribution is 2.06. The minimum absolute atomic E-state index is 0.0622. The minimum Gasteiger partial charge on any atom is -0.352 e. The van der Waals surface area contributed by atoms with Gasteiger partial charge in [0, 0.05) is 24.7 Å². The molecule has 0 bridgehead atoms. The number of hydrogen-bond acceptors (Lipinski definition) is 2. The number of alkyl halides is 1. The van der Waals surface area contributed by atoms with E-state index in [9.17, 15) is 4.79 Å². The number of rotatable bonds is 5. The van der Waals surface area contributed by atoms with Crippen LogP contribution in [0.4, 0.5) is 0 Å². The van der Waals surface area contributed by atoms with Crippen LogP contribution in [-0.2, 0) is 7.05 Å². The van der Waals surface area contributed by atoms with Crippen molar-refractivity contribution in [2.45, 2.75) is 32.1 Å². The second-order valence-corrected chi connectivity index (χ2v) is 4.69. The van der Waals surface area contributed by atoms with Crippen LogP contribution in [0.5, 0.6) is 0 Å². The lowest BCUT2D eigenvalue weighted by molar-refractivity contribution is 0.0952. The molecule has 1 heterocycles. The van der Waals surface area contributed by atoms with E-state index in [0.717, 1.165) is 18.5 Å². The summed E-state index contributed by atoms with van der Waals surface area (Å²) in [6, 6.07) is 0. The van der Waals surface area contributed by atoms with Gasteiger partial charge < -0.3 is 5.32 Å². The van der Waals surface area contributed by atoms with E-state index in [2.05, 4.69) is 10.4 Å². The van der Waals surface area contributed by atoms with Gasteiger partial charge >= 0.3 is 0 Å². The summed E-state index contributed by atoms with van der Waals surface area (Å²) < 4.78 is 1.69. The van der Waals surface area contributed by atoms with Crippen LogP contribution in [0, 0.1) is 6.92 Å². The number of aromatic nitrogens is 2. The van der Waals surface area contributed by atoms with Crippen LogP contribution in [0.25, 0.3) is 0 Å². The largest absolute Gasteiger partial charge is 0.352 e. The van der Waals surface area contributed by atoms with E-state index < -0.39 is 0 Å². The van der Waals surface area contributed by atoms with Crippen LogP contribution in [0.1, 0.15) is 35.8 Å². The van der Waals surface area contributed by atoms with Crippen LogP contribution in [0.2, 0.25) is 0 Å². The molecular weight excluding hydrogens is 226 g/mol. The van der Waals surface area contributed by atoms with Crippen molar-refractivity contribution < 1.29 is 4.79 Å². The zero-order chi connectivity index (χ0) is 12.1. The van der Waals surface area contributed by atoms with Gasteiger partial charge in [-0.25, -0.2) is 0 Å². The van der Waals surface area contributed by atoms with Gasteiger partial charge in [-0.05, 0) is 26.7 Å². The fourth-order valence-corrected chi connectivity index (χ4v) is 1.56. The molecule has 1 aromatic heterocycles. The van der Waals surface area contributed by atoms with Gasteiger partial charge in [0.1, 0.15) is 0 Å². The van der Waals surface area contributed by atoms with Crippen molar-refractivity contribution in [2.75, 3.05) is 6.54 Å². The number of carbonyl (C=O) groups is 1. The summed E-state index contributed by atoms with van der Waals surface area (Å²) in [6.45, 7) is 4.49. The molecule has 0 saturated carbocycles. The van der Waals surface area contributed by atoms with E-state index in [4.69, 9.17) is 11.6 Å². The second kappa shape index (κ2) is 5.89. The maximum absolute atomic E-state index is 11.7. The van der Waals surface area contributed by atoms with Crippen molar-refractivity contribution in [1.29, 1.82) is 0 Å². The molecule has 0 radical (unpaired) electrons. The van der Waals surface area contributed by atoms with Crippen molar-refractivity contribution in [1.82, 2.24) is 15.1 Å². The molecule has 1 atom stereocenters. The van der Waals surface area contributed by atoms with Crippen LogP contribution < -0.4 is 5.32 Å². The molecule has 1 amide bonds. The maximum atomic E-state index is 11.7. The molecule has 0 aliphatic carbocycles. The van der Waals surface area contributed by atoms with E-state index in [0.29, 0.717) is 12.1 Å². The Morgan fingerprint density at radius 2 is 2.38 bits per heavy atom.